The number of benzene rings is 1. The minimum absolute atomic E-state index is 0.0447. The van der Waals surface area contributed by atoms with E-state index in [-0.39, 0.29) is 30.1 Å². The van der Waals surface area contributed by atoms with E-state index in [0.29, 0.717) is 17.8 Å². The Bertz CT molecular complexity index is 701. The van der Waals surface area contributed by atoms with E-state index in [9.17, 15) is 14.3 Å². The van der Waals surface area contributed by atoms with Crippen LogP contribution in [0.25, 0.3) is 5.69 Å². The number of aryl methyl sites for hydroxylation is 1. The standard InChI is InChI=1S/C15H17FN4O2/c1-10-7-11(16)4-5-14(10)20-8-13(17-18-20)15(22)19-6-2-3-12(19)9-21/h4-5,7-8,12,21H,2-3,6,9H2,1H3. The lowest BCUT2D eigenvalue weighted by Gasteiger charge is -2.21. The molecule has 1 amide bonds. The van der Waals surface area contributed by atoms with Gasteiger partial charge in [-0.25, -0.2) is 9.07 Å². The third-order valence-corrected chi connectivity index (χ3v) is 3.97. The van der Waals surface area contributed by atoms with Crippen LogP contribution in [0.1, 0.15) is 28.9 Å². The SMILES string of the molecule is Cc1cc(F)ccc1-n1cc(C(=O)N2CCCC2CO)nn1. The van der Waals surface area contributed by atoms with Crippen LogP contribution in [0.2, 0.25) is 0 Å². The van der Waals surface area contributed by atoms with E-state index < -0.39 is 0 Å². The fourth-order valence-corrected chi connectivity index (χ4v) is 2.80. The molecule has 116 valence electrons. The smallest absolute Gasteiger partial charge is 0.276 e. The predicted octanol–water partition coefficient (Wildman–Crippen LogP) is 1.31. The second-order valence-electron chi connectivity index (χ2n) is 5.46. The van der Waals surface area contributed by atoms with Gasteiger partial charge in [0.1, 0.15) is 5.82 Å². The summed E-state index contributed by atoms with van der Waals surface area (Å²) in [5, 5.41) is 17.2. The first-order valence-electron chi connectivity index (χ1n) is 7.21. The van der Waals surface area contributed by atoms with Gasteiger partial charge in [0.15, 0.2) is 5.69 Å². The second kappa shape index (κ2) is 5.84. The molecule has 6 nitrogen and oxygen atoms in total. The predicted molar refractivity (Wildman–Crippen MR) is 77.2 cm³/mol. The summed E-state index contributed by atoms with van der Waals surface area (Å²) in [4.78, 5) is 14.1. The van der Waals surface area contributed by atoms with Crippen molar-refractivity contribution in [3.8, 4) is 5.69 Å². The van der Waals surface area contributed by atoms with Crippen molar-refractivity contribution in [2.75, 3.05) is 13.2 Å². The first-order valence-corrected chi connectivity index (χ1v) is 7.21. The summed E-state index contributed by atoms with van der Waals surface area (Å²) in [6.45, 7) is 2.34. The summed E-state index contributed by atoms with van der Waals surface area (Å²) in [5.41, 5.74) is 1.61. The van der Waals surface area contributed by atoms with Crippen molar-refractivity contribution < 1.29 is 14.3 Å². The van der Waals surface area contributed by atoms with Crippen LogP contribution < -0.4 is 0 Å². The van der Waals surface area contributed by atoms with Crippen molar-refractivity contribution in [3.63, 3.8) is 0 Å². The highest BCUT2D eigenvalue weighted by Gasteiger charge is 2.30. The fourth-order valence-electron chi connectivity index (χ4n) is 2.80. The van der Waals surface area contributed by atoms with Gasteiger partial charge in [0.2, 0.25) is 0 Å². The van der Waals surface area contributed by atoms with Crippen molar-refractivity contribution in [2.45, 2.75) is 25.8 Å². The van der Waals surface area contributed by atoms with E-state index >= 15 is 0 Å². The molecule has 1 atom stereocenters. The highest BCUT2D eigenvalue weighted by Crippen LogP contribution is 2.20. The van der Waals surface area contributed by atoms with Crippen molar-refractivity contribution >= 4 is 5.91 Å². The first kappa shape index (κ1) is 14.6. The Morgan fingerprint density at radius 3 is 3.05 bits per heavy atom. The number of likely N-dealkylation sites (tertiary alicyclic amines) is 1. The molecule has 22 heavy (non-hydrogen) atoms. The topological polar surface area (TPSA) is 71.2 Å². The van der Waals surface area contributed by atoms with Gasteiger partial charge in [-0.15, -0.1) is 5.10 Å². The van der Waals surface area contributed by atoms with E-state index in [4.69, 9.17) is 0 Å². The first-order chi connectivity index (χ1) is 10.6. The monoisotopic (exact) mass is 304 g/mol. The van der Waals surface area contributed by atoms with Gasteiger partial charge in [0.25, 0.3) is 5.91 Å². The Morgan fingerprint density at radius 2 is 2.32 bits per heavy atom. The molecule has 1 aliphatic rings. The number of rotatable bonds is 3. The molecule has 0 aliphatic carbocycles. The summed E-state index contributed by atoms with van der Waals surface area (Å²) in [7, 11) is 0. The van der Waals surface area contributed by atoms with Crippen LogP contribution in [0.3, 0.4) is 0 Å². The van der Waals surface area contributed by atoms with Crippen LogP contribution in [0.4, 0.5) is 4.39 Å². The second-order valence-corrected chi connectivity index (χ2v) is 5.46. The van der Waals surface area contributed by atoms with Crippen LogP contribution in [0, 0.1) is 12.7 Å². The number of hydrogen-bond acceptors (Lipinski definition) is 4. The number of amides is 1. The highest BCUT2D eigenvalue weighted by molar-refractivity contribution is 5.92. The molecule has 3 rings (SSSR count). The van der Waals surface area contributed by atoms with Gasteiger partial charge in [0.05, 0.1) is 24.5 Å². The number of carbonyl (C=O) groups excluding carboxylic acids is 1. The Balaban J connectivity index is 1.86. The number of carbonyl (C=O) groups is 1. The zero-order valence-corrected chi connectivity index (χ0v) is 12.2. The molecule has 0 radical (unpaired) electrons. The Kier molecular flexibility index (Phi) is 3.89. The zero-order chi connectivity index (χ0) is 15.7. The van der Waals surface area contributed by atoms with Crippen LogP contribution in [0.5, 0.6) is 0 Å². The zero-order valence-electron chi connectivity index (χ0n) is 12.2. The molecule has 7 heteroatoms. The molecule has 1 aromatic carbocycles. The normalized spacial score (nSPS) is 18.0. The molecule has 1 aliphatic heterocycles. The van der Waals surface area contributed by atoms with Crippen molar-refractivity contribution in [1.29, 1.82) is 0 Å². The molecular formula is C15H17FN4O2. The number of halogens is 1. The minimum Gasteiger partial charge on any atom is -0.394 e. The lowest BCUT2D eigenvalue weighted by Crippen LogP contribution is -2.37. The van der Waals surface area contributed by atoms with E-state index in [1.165, 1.54) is 23.0 Å². The summed E-state index contributed by atoms with van der Waals surface area (Å²) in [6.07, 6.45) is 3.21. The lowest BCUT2D eigenvalue weighted by molar-refractivity contribution is 0.0671. The van der Waals surface area contributed by atoms with Gasteiger partial charge in [0, 0.05) is 6.54 Å². The third kappa shape index (κ3) is 2.59. The Labute approximate surface area is 127 Å². The molecule has 1 N–H and O–H groups in total. The van der Waals surface area contributed by atoms with E-state index in [1.54, 1.807) is 17.9 Å². The highest BCUT2D eigenvalue weighted by atomic mass is 19.1. The van der Waals surface area contributed by atoms with Gasteiger partial charge < -0.3 is 10.0 Å². The summed E-state index contributed by atoms with van der Waals surface area (Å²) >= 11 is 0. The maximum Gasteiger partial charge on any atom is 0.276 e. The molecule has 0 saturated carbocycles. The molecule has 2 aromatic rings. The molecule has 0 spiro atoms. The number of aromatic nitrogens is 3. The van der Waals surface area contributed by atoms with Crippen molar-refractivity contribution in [2.24, 2.45) is 0 Å². The van der Waals surface area contributed by atoms with Crippen molar-refractivity contribution in [1.82, 2.24) is 19.9 Å². The average Bonchev–Trinajstić information content (AvgIpc) is 3.15. The van der Waals surface area contributed by atoms with Crippen LogP contribution in [0.15, 0.2) is 24.4 Å². The van der Waals surface area contributed by atoms with E-state index in [2.05, 4.69) is 10.3 Å². The summed E-state index contributed by atoms with van der Waals surface area (Å²) in [6, 6.07) is 4.19. The molecule has 2 heterocycles. The van der Waals surface area contributed by atoms with Gasteiger partial charge >= 0.3 is 0 Å². The van der Waals surface area contributed by atoms with Gasteiger partial charge in [-0.2, -0.15) is 0 Å². The maximum absolute atomic E-state index is 13.2. The third-order valence-electron chi connectivity index (χ3n) is 3.97. The molecule has 0 bridgehead atoms. The number of aliphatic hydroxyl groups excluding tert-OH is 1. The van der Waals surface area contributed by atoms with E-state index in [0.717, 1.165) is 12.8 Å². The fraction of sp³-hybridized carbons (Fsp3) is 0.400. The van der Waals surface area contributed by atoms with Crippen LogP contribution in [-0.2, 0) is 0 Å². The molecule has 1 fully saturated rings. The van der Waals surface area contributed by atoms with Crippen LogP contribution >= 0.6 is 0 Å². The van der Waals surface area contributed by atoms with Gasteiger partial charge in [-0.3, -0.25) is 4.79 Å². The van der Waals surface area contributed by atoms with Gasteiger partial charge in [-0.05, 0) is 43.5 Å². The minimum atomic E-state index is -0.319. The molecular weight excluding hydrogens is 287 g/mol. The van der Waals surface area contributed by atoms with Crippen LogP contribution in [-0.4, -0.2) is 50.1 Å². The number of nitrogens with zero attached hydrogens (tertiary/aromatic N) is 4. The number of hydrogen-bond donors (Lipinski definition) is 1. The Hall–Kier alpha value is -2.28. The molecule has 1 aromatic heterocycles. The largest absolute Gasteiger partial charge is 0.394 e. The Morgan fingerprint density at radius 1 is 1.50 bits per heavy atom. The average molecular weight is 304 g/mol. The molecule has 1 saturated heterocycles. The summed E-state index contributed by atoms with van der Waals surface area (Å²) < 4.78 is 14.6. The number of aliphatic hydroxyl groups is 1. The van der Waals surface area contributed by atoms with Gasteiger partial charge in [-0.1, -0.05) is 5.21 Å². The quantitative estimate of drug-likeness (QED) is 0.928. The van der Waals surface area contributed by atoms with E-state index in [1.807, 2.05) is 0 Å². The lowest BCUT2D eigenvalue weighted by atomic mass is 10.2. The summed E-state index contributed by atoms with van der Waals surface area (Å²) in [5.74, 6) is -0.553. The van der Waals surface area contributed by atoms with Crippen molar-refractivity contribution in [3.05, 3.63) is 41.5 Å². The maximum atomic E-state index is 13.2. The molecule has 1 unspecified atom stereocenters.